The summed E-state index contributed by atoms with van der Waals surface area (Å²) < 4.78 is 12.7. The molecule has 5 heteroatoms. The molecule has 0 fully saturated rings. The fourth-order valence-electron chi connectivity index (χ4n) is 0.917. The molecule has 0 aliphatic heterocycles. The van der Waals surface area contributed by atoms with E-state index in [1.54, 1.807) is 18.3 Å². The Bertz CT molecular complexity index is 373. The summed E-state index contributed by atoms with van der Waals surface area (Å²) in [6.07, 6.45) is 1.93. The molecule has 0 heterocycles. The molecule has 1 rings (SSSR count). The van der Waals surface area contributed by atoms with Crippen molar-refractivity contribution in [1.82, 2.24) is 0 Å². The van der Waals surface area contributed by atoms with Crippen LogP contribution < -0.4 is 29.6 Å². The van der Waals surface area contributed by atoms with Crippen molar-refractivity contribution in [2.24, 2.45) is 4.99 Å². The average Bonchev–Trinajstić information content (AvgIpc) is 2.04. The maximum atomic E-state index is 12.7. The molecule has 0 saturated carbocycles. The molecule has 0 spiro atoms. The van der Waals surface area contributed by atoms with Gasteiger partial charge in [0.1, 0.15) is 5.82 Å². The molecular formula is C9H6FN2NaS. The van der Waals surface area contributed by atoms with Crippen LogP contribution in [0.4, 0.5) is 4.39 Å². The van der Waals surface area contributed by atoms with Gasteiger partial charge in [0.25, 0.3) is 0 Å². The molecule has 0 saturated heterocycles. The predicted molar refractivity (Wildman–Crippen MR) is 50.5 cm³/mol. The number of rotatable bonds is 2. The second kappa shape index (κ2) is 6.91. The monoisotopic (exact) mass is 216 g/mol. The molecule has 0 unspecified atom stereocenters. The molecule has 0 amide bonds. The van der Waals surface area contributed by atoms with Gasteiger partial charge in [-0.15, -0.1) is 0 Å². The molecule has 0 atom stereocenters. The van der Waals surface area contributed by atoms with Gasteiger partial charge in [-0.3, -0.25) is 0 Å². The first-order valence-corrected chi connectivity index (χ1v) is 4.00. The van der Waals surface area contributed by atoms with E-state index >= 15 is 0 Å². The minimum Gasteiger partial charge on any atom is -0.763 e. The number of aliphatic imine (C=N–C) groups is 1. The zero-order valence-electron chi connectivity index (χ0n) is 7.70. The van der Waals surface area contributed by atoms with Crippen molar-refractivity contribution >= 4 is 17.7 Å². The molecule has 0 aromatic heterocycles. The van der Waals surface area contributed by atoms with Gasteiger partial charge in [0.05, 0.1) is 0 Å². The molecule has 1 aromatic carbocycles. The first kappa shape index (κ1) is 13.5. The van der Waals surface area contributed by atoms with Gasteiger partial charge in [-0.05, 0) is 24.1 Å². The molecule has 66 valence electrons. The zero-order chi connectivity index (χ0) is 9.68. The van der Waals surface area contributed by atoms with Gasteiger partial charge in [0.15, 0.2) is 0 Å². The van der Waals surface area contributed by atoms with Gasteiger partial charge >= 0.3 is 29.6 Å². The molecule has 1 aromatic rings. The number of halogens is 1. The summed E-state index contributed by atoms with van der Waals surface area (Å²) in [6, 6.07) is 6.06. The van der Waals surface area contributed by atoms with E-state index in [9.17, 15) is 4.39 Å². The normalized spacial score (nSPS) is 10.1. The van der Waals surface area contributed by atoms with Gasteiger partial charge in [-0.25, -0.2) is 9.38 Å². The van der Waals surface area contributed by atoms with Gasteiger partial charge in [0, 0.05) is 0 Å². The quantitative estimate of drug-likeness (QED) is 0.205. The maximum Gasteiger partial charge on any atom is 1.00 e. The molecule has 0 aliphatic carbocycles. The largest absolute Gasteiger partial charge is 1.00 e. The van der Waals surface area contributed by atoms with E-state index in [1.165, 1.54) is 12.1 Å². The number of hydrogen-bond donors (Lipinski definition) is 0. The minimum atomic E-state index is -0.308. The van der Waals surface area contributed by atoms with E-state index < -0.39 is 0 Å². The number of nitrogens with zero attached hydrogens (tertiary/aromatic N) is 2. The molecule has 0 radical (unpaired) electrons. The molecule has 0 N–H and O–H groups in total. The molecule has 2 nitrogen and oxygen atoms in total. The predicted octanol–water partition coefficient (Wildman–Crippen LogP) is -1.20. The molecule has 0 bridgehead atoms. The maximum absolute atomic E-state index is 12.7. The van der Waals surface area contributed by atoms with Crippen LogP contribution in [0.25, 0.3) is 0 Å². The van der Waals surface area contributed by atoms with Crippen LogP contribution in [-0.4, -0.2) is 5.04 Å². The molecule has 0 aliphatic rings. The molecular weight excluding hydrogens is 210 g/mol. The van der Waals surface area contributed by atoms with Crippen molar-refractivity contribution in [2.75, 3.05) is 0 Å². The van der Waals surface area contributed by atoms with Crippen LogP contribution in [0.2, 0.25) is 0 Å². The van der Waals surface area contributed by atoms with E-state index in [4.69, 9.17) is 17.9 Å². The minimum absolute atomic E-state index is 0. The van der Waals surface area contributed by atoms with Gasteiger partial charge in [-0.1, -0.05) is 17.2 Å². The molecule has 14 heavy (non-hydrogen) atoms. The summed E-state index contributed by atoms with van der Waals surface area (Å²) in [5, 5.41) is 8.46. The van der Waals surface area contributed by atoms with Crippen LogP contribution in [-0.2, 0) is 19.0 Å². The van der Waals surface area contributed by atoms with Crippen molar-refractivity contribution in [3.05, 3.63) is 35.6 Å². The van der Waals surface area contributed by atoms with Gasteiger partial charge < -0.3 is 12.6 Å². The Morgan fingerprint density at radius 2 is 2.29 bits per heavy atom. The standard InChI is InChI=1S/C9H7FN2S.Na/c10-8-3-1-2-7(4-8)5-9(13)12-6-11;/h1-4H,5H2,(H,12,13);/q;+1/p-1. The van der Waals surface area contributed by atoms with Gasteiger partial charge in [-0.2, -0.15) is 5.26 Å². The third-order valence-electron chi connectivity index (χ3n) is 1.42. The Kier molecular flexibility index (Phi) is 6.67. The Hall–Kier alpha value is -0.470. The van der Waals surface area contributed by atoms with Crippen LogP contribution in [0.5, 0.6) is 0 Å². The van der Waals surface area contributed by atoms with E-state index in [-0.39, 0.29) is 40.4 Å². The van der Waals surface area contributed by atoms with E-state index in [0.29, 0.717) is 6.42 Å². The first-order valence-electron chi connectivity index (χ1n) is 3.59. The summed E-state index contributed by atoms with van der Waals surface area (Å²) >= 11 is 4.77. The summed E-state index contributed by atoms with van der Waals surface area (Å²) in [7, 11) is 0. The van der Waals surface area contributed by atoms with Crippen molar-refractivity contribution in [1.29, 1.82) is 5.26 Å². The van der Waals surface area contributed by atoms with E-state index in [0.717, 1.165) is 5.56 Å². The van der Waals surface area contributed by atoms with Crippen LogP contribution in [0.1, 0.15) is 5.56 Å². The second-order valence-corrected chi connectivity index (χ2v) is 2.88. The Balaban J connectivity index is 0.00000169. The summed E-state index contributed by atoms with van der Waals surface area (Å²) in [5.74, 6) is -0.308. The van der Waals surface area contributed by atoms with Crippen molar-refractivity contribution in [3.8, 4) is 6.19 Å². The number of nitriles is 1. The third kappa shape index (κ3) is 4.68. The first-order chi connectivity index (χ1) is 6.22. The van der Waals surface area contributed by atoms with Crippen molar-refractivity contribution < 1.29 is 33.9 Å². The SMILES string of the molecule is N#CN=C([S-])Cc1cccc(F)c1.[Na+]. The number of hydrogen-bond acceptors (Lipinski definition) is 3. The Morgan fingerprint density at radius 1 is 1.57 bits per heavy atom. The van der Waals surface area contributed by atoms with Crippen molar-refractivity contribution in [3.63, 3.8) is 0 Å². The van der Waals surface area contributed by atoms with Crippen LogP contribution >= 0.6 is 0 Å². The topological polar surface area (TPSA) is 36.1 Å². The van der Waals surface area contributed by atoms with Crippen LogP contribution in [0.15, 0.2) is 29.3 Å². The van der Waals surface area contributed by atoms with E-state index in [1.807, 2.05) is 0 Å². The fourth-order valence-corrected chi connectivity index (χ4v) is 1.12. The zero-order valence-corrected chi connectivity index (χ0v) is 10.5. The second-order valence-electron chi connectivity index (χ2n) is 2.41. The summed E-state index contributed by atoms with van der Waals surface area (Å²) in [6.45, 7) is 0. The Labute approximate surface area is 110 Å². The smallest absolute Gasteiger partial charge is 0.763 e. The third-order valence-corrected chi connectivity index (χ3v) is 1.65. The summed E-state index contributed by atoms with van der Waals surface area (Å²) in [4.78, 5) is 3.36. The van der Waals surface area contributed by atoms with Crippen LogP contribution in [0.3, 0.4) is 0 Å². The van der Waals surface area contributed by atoms with Gasteiger partial charge in [0.2, 0.25) is 6.19 Å². The Morgan fingerprint density at radius 3 is 2.86 bits per heavy atom. The fraction of sp³-hybridized carbons (Fsp3) is 0.111. The summed E-state index contributed by atoms with van der Waals surface area (Å²) in [5.41, 5.74) is 0.726. The van der Waals surface area contributed by atoms with E-state index in [2.05, 4.69) is 4.99 Å². The van der Waals surface area contributed by atoms with Crippen molar-refractivity contribution in [2.45, 2.75) is 6.42 Å². The van der Waals surface area contributed by atoms with Crippen LogP contribution in [0, 0.1) is 17.3 Å². The number of benzene rings is 1. The average molecular weight is 216 g/mol.